The molecule has 234 valence electrons. The fourth-order valence-corrected chi connectivity index (χ4v) is 6.02. The Morgan fingerprint density at radius 2 is 1.53 bits per heavy atom. The van der Waals surface area contributed by atoms with Crippen LogP contribution in [-0.4, -0.2) is 89.5 Å². The summed E-state index contributed by atoms with van der Waals surface area (Å²) < 4.78 is 19.7. The van der Waals surface area contributed by atoms with E-state index in [1.807, 2.05) is 0 Å². The number of halogens is 2. The van der Waals surface area contributed by atoms with Gasteiger partial charge in [0.2, 0.25) is 0 Å². The number of carbonyl (C=O) groups excluding carboxylic acids is 3. The van der Waals surface area contributed by atoms with Gasteiger partial charge in [-0.15, -0.1) is 12.4 Å². The topological polar surface area (TPSA) is 85.4 Å². The summed E-state index contributed by atoms with van der Waals surface area (Å²) in [6.45, 7) is 6.13. The van der Waals surface area contributed by atoms with Crippen LogP contribution < -0.4 is 5.43 Å². The van der Waals surface area contributed by atoms with E-state index in [9.17, 15) is 18.8 Å². The number of fused-ring (bicyclic) bond motifs is 2. The van der Waals surface area contributed by atoms with Gasteiger partial charge in [0, 0.05) is 44.8 Å². The zero-order valence-electron chi connectivity index (χ0n) is 24.9. The van der Waals surface area contributed by atoms with E-state index in [0.29, 0.717) is 62.8 Å². The predicted molar refractivity (Wildman–Crippen MR) is 165 cm³/mol. The Kier molecular flexibility index (Phi) is 11.8. The van der Waals surface area contributed by atoms with Crippen molar-refractivity contribution in [2.75, 3.05) is 45.9 Å². The van der Waals surface area contributed by atoms with Crippen molar-refractivity contribution in [1.82, 2.24) is 25.1 Å². The molecule has 1 atom stereocenters. The van der Waals surface area contributed by atoms with E-state index in [-0.39, 0.29) is 30.0 Å². The Labute approximate surface area is 259 Å². The van der Waals surface area contributed by atoms with Gasteiger partial charge < -0.3 is 9.64 Å². The summed E-state index contributed by atoms with van der Waals surface area (Å²) >= 11 is 0. The number of benzene rings is 1. The van der Waals surface area contributed by atoms with Crippen LogP contribution in [0.2, 0.25) is 0 Å². The van der Waals surface area contributed by atoms with E-state index in [2.05, 4.69) is 22.1 Å². The minimum absolute atomic E-state index is 0. The molecule has 0 radical (unpaired) electrons. The van der Waals surface area contributed by atoms with Gasteiger partial charge >= 0.3 is 6.09 Å². The molecule has 1 aliphatic carbocycles. The first-order valence-corrected chi connectivity index (χ1v) is 15.4. The van der Waals surface area contributed by atoms with Gasteiger partial charge in [0.25, 0.3) is 11.8 Å². The van der Waals surface area contributed by atoms with Crippen molar-refractivity contribution in [1.29, 1.82) is 0 Å². The van der Waals surface area contributed by atoms with E-state index in [1.54, 1.807) is 30.3 Å². The van der Waals surface area contributed by atoms with Gasteiger partial charge in [0.15, 0.2) is 0 Å². The van der Waals surface area contributed by atoms with Gasteiger partial charge in [-0.3, -0.25) is 19.4 Å². The quantitative estimate of drug-likeness (QED) is 0.234. The molecule has 0 bridgehead atoms. The molecule has 0 spiro atoms. The number of hydrazine groups is 1. The number of ether oxygens (including phenoxy) is 1. The molecular formula is C32H43ClFN5O4. The maximum atomic E-state index is 14.0. The van der Waals surface area contributed by atoms with E-state index in [1.165, 1.54) is 54.2 Å². The van der Waals surface area contributed by atoms with Crippen LogP contribution in [0.1, 0.15) is 79.0 Å². The summed E-state index contributed by atoms with van der Waals surface area (Å²) in [5, 5.41) is 1.43. The maximum absolute atomic E-state index is 14.0. The lowest BCUT2D eigenvalue weighted by molar-refractivity contribution is 0.0599. The first kappa shape index (κ1) is 32.7. The Hall–Kier alpha value is -3.21. The molecule has 3 amide bonds. The summed E-state index contributed by atoms with van der Waals surface area (Å²) in [5.74, 6) is -0.131. The third-order valence-electron chi connectivity index (χ3n) is 8.42. The van der Waals surface area contributed by atoms with Crippen molar-refractivity contribution >= 4 is 30.3 Å². The van der Waals surface area contributed by atoms with Crippen LogP contribution in [0.15, 0.2) is 59.7 Å². The van der Waals surface area contributed by atoms with Crippen LogP contribution in [0.25, 0.3) is 0 Å². The van der Waals surface area contributed by atoms with Gasteiger partial charge in [-0.25, -0.2) is 14.6 Å². The fourth-order valence-electron chi connectivity index (χ4n) is 6.02. The largest absolute Gasteiger partial charge is 0.448 e. The van der Waals surface area contributed by atoms with Gasteiger partial charge in [0.05, 0.1) is 23.8 Å². The molecule has 1 fully saturated rings. The molecular weight excluding hydrogens is 573 g/mol. The Morgan fingerprint density at radius 1 is 0.907 bits per heavy atom. The number of hydrogen-bond donors (Lipinski definition) is 1. The second-order valence-corrected chi connectivity index (χ2v) is 11.3. The monoisotopic (exact) mass is 615 g/mol. The lowest BCUT2D eigenvalue weighted by atomic mass is 10.0. The number of rotatable bonds is 13. The van der Waals surface area contributed by atoms with E-state index >= 15 is 0 Å². The second-order valence-electron chi connectivity index (χ2n) is 11.3. The van der Waals surface area contributed by atoms with Crippen molar-refractivity contribution < 1.29 is 23.5 Å². The van der Waals surface area contributed by atoms with Gasteiger partial charge in [0.1, 0.15) is 11.6 Å². The third-order valence-corrected chi connectivity index (χ3v) is 8.42. The molecule has 0 saturated carbocycles. The van der Waals surface area contributed by atoms with Crippen LogP contribution in [0.5, 0.6) is 0 Å². The molecule has 0 aromatic heterocycles. The highest BCUT2D eigenvalue weighted by atomic mass is 35.5. The summed E-state index contributed by atoms with van der Waals surface area (Å²) in [4.78, 5) is 44.3. The van der Waals surface area contributed by atoms with Crippen LogP contribution in [0.4, 0.5) is 9.18 Å². The number of piperazine rings is 1. The zero-order valence-corrected chi connectivity index (χ0v) is 25.7. The summed E-state index contributed by atoms with van der Waals surface area (Å²) in [6.07, 6.45) is 13.4. The van der Waals surface area contributed by atoms with Gasteiger partial charge in [-0.05, 0) is 30.7 Å². The summed E-state index contributed by atoms with van der Waals surface area (Å²) in [7, 11) is 0. The molecule has 43 heavy (non-hydrogen) atoms. The lowest BCUT2D eigenvalue weighted by Gasteiger charge is -2.39. The number of nitrogens with one attached hydrogen (secondary N) is 1. The zero-order chi connectivity index (χ0) is 29.5. The van der Waals surface area contributed by atoms with E-state index in [4.69, 9.17) is 4.74 Å². The SMILES string of the molecule is CCCCCCCCCCOC(=O)N1NC2C=C(F)C=CC2=C1N1CCN(CCN2C(=O)c3ccccc3C2=O)CC1.Cl. The number of carbonyl (C=O) groups is 3. The Morgan fingerprint density at radius 3 is 2.19 bits per heavy atom. The van der Waals surface area contributed by atoms with Crippen molar-refractivity contribution in [3.05, 3.63) is 70.8 Å². The number of hydrogen-bond acceptors (Lipinski definition) is 7. The van der Waals surface area contributed by atoms with Crippen molar-refractivity contribution in [2.45, 2.75) is 64.3 Å². The molecule has 9 nitrogen and oxygen atoms in total. The fraction of sp³-hybridized carbons (Fsp3) is 0.531. The highest BCUT2D eigenvalue weighted by molar-refractivity contribution is 6.21. The summed E-state index contributed by atoms with van der Waals surface area (Å²) in [6, 6.07) is 6.49. The maximum Gasteiger partial charge on any atom is 0.430 e. The molecule has 3 heterocycles. The molecule has 1 saturated heterocycles. The molecule has 11 heteroatoms. The normalized spacial score (nSPS) is 19.9. The number of nitrogens with zero attached hydrogens (tertiary/aromatic N) is 4. The second kappa shape index (κ2) is 15.5. The van der Waals surface area contributed by atoms with Crippen LogP contribution >= 0.6 is 12.4 Å². The molecule has 1 aromatic rings. The first-order valence-electron chi connectivity index (χ1n) is 15.4. The number of unbranched alkanes of at least 4 members (excludes halogenated alkanes) is 7. The predicted octanol–water partition coefficient (Wildman–Crippen LogP) is 5.42. The molecule has 4 aliphatic rings. The van der Waals surface area contributed by atoms with Crippen molar-refractivity contribution in [2.24, 2.45) is 0 Å². The van der Waals surface area contributed by atoms with Crippen LogP contribution in [0, 0.1) is 0 Å². The standard InChI is InChI=1S/C32H42FN5O4.ClH/c1-2-3-4-5-6-7-8-11-22-42-32(41)38-29(27-15-14-24(33)23-28(27)34-38)36-19-16-35(17-20-36)18-21-37-30(39)25-12-9-10-13-26(25)31(37)40;/h9-10,12-15,23,28,34H,2-8,11,16-22H2,1H3;1H. The van der Waals surface area contributed by atoms with Gasteiger partial charge in [-0.2, -0.15) is 5.01 Å². The van der Waals surface area contributed by atoms with E-state index in [0.717, 1.165) is 24.8 Å². The number of imide groups is 1. The molecule has 1 N–H and O–H groups in total. The third kappa shape index (κ3) is 7.66. The molecule has 3 aliphatic heterocycles. The summed E-state index contributed by atoms with van der Waals surface area (Å²) in [5.41, 5.74) is 4.88. The highest BCUT2D eigenvalue weighted by Crippen LogP contribution is 2.31. The van der Waals surface area contributed by atoms with Crippen LogP contribution in [0.3, 0.4) is 0 Å². The number of allylic oxidation sites excluding steroid dienone is 2. The lowest BCUT2D eigenvalue weighted by Crippen LogP contribution is -2.52. The average Bonchev–Trinajstić information content (AvgIpc) is 3.49. The molecule has 1 unspecified atom stereocenters. The van der Waals surface area contributed by atoms with Crippen molar-refractivity contribution in [3.8, 4) is 0 Å². The average molecular weight is 616 g/mol. The molecule has 1 aromatic carbocycles. The Bertz CT molecular complexity index is 1220. The highest BCUT2D eigenvalue weighted by Gasteiger charge is 2.39. The minimum atomic E-state index is -0.481. The number of amides is 3. The molecule has 5 rings (SSSR count). The minimum Gasteiger partial charge on any atom is -0.448 e. The van der Waals surface area contributed by atoms with Crippen LogP contribution in [-0.2, 0) is 4.74 Å². The Balaban J connectivity index is 0.00000423. The van der Waals surface area contributed by atoms with Crippen molar-refractivity contribution in [3.63, 3.8) is 0 Å². The van der Waals surface area contributed by atoms with Gasteiger partial charge in [-0.1, -0.05) is 70.1 Å². The smallest absolute Gasteiger partial charge is 0.430 e. The van der Waals surface area contributed by atoms with E-state index < -0.39 is 12.1 Å². The first-order chi connectivity index (χ1) is 20.5.